The van der Waals surface area contributed by atoms with Gasteiger partial charge in [-0.3, -0.25) is 19.4 Å². The number of likely N-dealkylation sites (tertiary alicyclic amines) is 1. The van der Waals surface area contributed by atoms with Crippen LogP contribution in [0.15, 0.2) is 18.2 Å². The minimum atomic E-state index is -1.25. The molecule has 0 unspecified atom stereocenters. The number of aliphatic hydroxyl groups excluding tert-OH is 2. The number of aliphatic hydroxyl groups is 2. The second-order valence-corrected chi connectivity index (χ2v) is 11.1. The first-order valence-corrected chi connectivity index (χ1v) is 13.8. The van der Waals surface area contributed by atoms with E-state index in [4.69, 9.17) is 9.47 Å². The SMILES string of the molecule is CCCN1C[C@@H]2C[C@H]1C(=O)N1CCO[C@H](CN(Cc3ccc(F)c(F)c3)C[C@H]3O[C@@H](CC(=O)N2)[C@H](O)[C@@H]3O)C1. The summed E-state index contributed by atoms with van der Waals surface area (Å²) in [5.41, 5.74) is 0.517. The molecule has 1 aromatic rings. The molecule has 5 rings (SSSR count). The lowest BCUT2D eigenvalue weighted by Gasteiger charge is -2.38. The quantitative estimate of drug-likeness (QED) is 0.473. The molecule has 216 valence electrons. The predicted octanol–water partition coefficient (Wildman–Crippen LogP) is -0.144. The highest BCUT2D eigenvalue weighted by Gasteiger charge is 2.45. The molecule has 4 saturated heterocycles. The Morgan fingerprint density at radius 2 is 1.85 bits per heavy atom. The third-order valence-corrected chi connectivity index (χ3v) is 8.15. The van der Waals surface area contributed by atoms with Crippen LogP contribution in [0.5, 0.6) is 0 Å². The molecule has 0 aliphatic carbocycles. The summed E-state index contributed by atoms with van der Waals surface area (Å²) < 4.78 is 39.5. The first-order valence-electron chi connectivity index (χ1n) is 13.8. The average Bonchev–Trinajstić information content (AvgIpc) is 3.41. The number of fused-ring (bicyclic) bond motifs is 6. The molecule has 4 fully saturated rings. The fourth-order valence-electron chi connectivity index (χ4n) is 6.30. The number of ether oxygens (including phenoxy) is 2. The summed E-state index contributed by atoms with van der Waals surface area (Å²) in [7, 11) is 0. The van der Waals surface area contributed by atoms with E-state index in [0.717, 1.165) is 25.1 Å². The molecule has 0 saturated carbocycles. The molecule has 39 heavy (non-hydrogen) atoms. The molecular weight excluding hydrogens is 514 g/mol. The Bertz CT molecular complexity index is 1050. The van der Waals surface area contributed by atoms with Crippen molar-refractivity contribution in [1.29, 1.82) is 0 Å². The van der Waals surface area contributed by atoms with Crippen LogP contribution in [0.4, 0.5) is 8.78 Å². The summed E-state index contributed by atoms with van der Waals surface area (Å²) in [5.74, 6) is -2.19. The van der Waals surface area contributed by atoms with Crippen LogP contribution >= 0.6 is 0 Å². The van der Waals surface area contributed by atoms with Gasteiger partial charge in [0.15, 0.2) is 11.6 Å². The van der Waals surface area contributed by atoms with Crippen molar-refractivity contribution in [3.05, 3.63) is 35.4 Å². The van der Waals surface area contributed by atoms with E-state index in [1.54, 1.807) is 0 Å². The van der Waals surface area contributed by atoms with Crippen LogP contribution in [0.3, 0.4) is 0 Å². The highest BCUT2D eigenvalue weighted by Crippen LogP contribution is 2.27. The number of rotatable bonds is 4. The number of morpholine rings is 1. The minimum absolute atomic E-state index is 0.0157. The number of carbonyl (C=O) groups is 2. The van der Waals surface area contributed by atoms with Crippen LogP contribution in [-0.2, 0) is 25.6 Å². The fourth-order valence-corrected chi connectivity index (χ4v) is 6.30. The van der Waals surface area contributed by atoms with Crippen molar-refractivity contribution in [1.82, 2.24) is 20.0 Å². The largest absolute Gasteiger partial charge is 0.388 e. The maximum absolute atomic E-state index is 14.0. The number of halogens is 2. The normalized spacial score (nSPS) is 34.9. The van der Waals surface area contributed by atoms with Crippen LogP contribution in [-0.4, -0.2) is 125 Å². The van der Waals surface area contributed by atoms with Gasteiger partial charge >= 0.3 is 0 Å². The van der Waals surface area contributed by atoms with Crippen molar-refractivity contribution in [2.24, 2.45) is 0 Å². The summed E-state index contributed by atoms with van der Waals surface area (Å²) in [6.45, 7) is 5.22. The van der Waals surface area contributed by atoms with Crippen LogP contribution in [0.1, 0.15) is 31.7 Å². The van der Waals surface area contributed by atoms with Crippen LogP contribution in [0, 0.1) is 11.6 Å². The van der Waals surface area contributed by atoms with Crippen LogP contribution in [0.25, 0.3) is 0 Å². The van der Waals surface area contributed by atoms with E-state index in [-0.39, 0.29) is 49.5 Å². The minimum Gasteiger partial charge on any atom is -0.388 e. The first-order chi connectivity index (χ1) is 18.7. The number of benzene rings is 1. The molecule has 10 nitrogen and oxygen atoms in total. The zero-order chi connectivity index (χ0) is 27.7. The first kappa shape index (κ1) is 28.3. The van der Waals surface area contributed by atoms with Gasteiger partial charge in [0, 0.05) is 45.3 Å². The molecule has 4 aliphatic rings. The van der Waals surface area contributed by atoms with Crippen molar-refractivity contribution in [2.75, 3.05) is 45.9 Å². The molecule has 6 bridgehead atoms. The van der Waals surface area contributed by atoms with Crippen molar-refractivity contribution >= 4 is 11.8 Å². The molecule has 3 N–H and O–H groups in total. The Kier molecular flexibility index (Phi) is 8.79. The van der Waals surface area contributed by atoms with Gasteiger partial charge in [0.25, 0.3) is 0 Å². The summed E-state index contributed by atoms with van der Waals surface area (Å²) in [6, 6.07) is 3.13. The summed E-state index contributed by atoms with van der Waals surface area (Å²) in [5, 5.41) is 24.4. The van der Waals surface area contributed by atoms with E-state index in [9.17, 15) is 28.6 Å². The molecule has 2 amide bonds. The molecule has 0 radical (unpaired) electrons. The Morgan fingerprint density at radius 1 is 1.05 bits per heavy atom. The van der Waals surface area contributed by atoms with E-state index >= 15 is 0 Å². The second kappa shape index (κ2) is 12.1. The maximum atomic E-state index is 14.0. The summed E-state index contributed by atoms with van der Waals surface area (Å²) >= 11 is 0. The van der Waals surface area contributed by atoms with Gasteiger partial charge in [-0.25, -0.2) is 8.78 Å². The molecular formula is C27H38F2N4O6. The van der Waals surface area contributed by atoms with E-state index < -0.39 is 36.1 Å². The van der Waals surface area contributed by atoms with E-state index in [1.165, 1.54) is 6.07 Å². The van der Waals surface area contributed by atoms with Crippen molar-refractivity contribution in [3.63, 3.8) is 0 Å². The fraction of sp³-hybridized carbons (Fsp3) is 0.704. The zero-order valence-corrected chi connectivity index (χ0v) is 22.2. The molecule has 1 aromatic carbocycles. The molecule has 7 atom stereocenters. The van der Waals surface area contributed by atoms with Crippen LogP contribution < -0.4 is 5.32 Å². The number of hydrogen-bond acceptors (Lipinski definition) is 8. The van der Waals surface area contributed by atoms with E-state index in [1.807, 2.05) is 9.80 Å². The molecule has 12 heteroatoms. The van der Waals surface area contributed by atoms with Gasteiger partial charge in [-0.2, -0.15) is 0 Å². The number of nitrogens with zero attached hydrogens (tertiary/aromatic N) is 3. The van der Waals surface area contributed by atoms with E-state index in [2.05, 4.69) is 17.1 Å². The Balaban J connectivity index is 1.41. The average molecular weight is 553 g/mol. The molecule has 0 spiro atoms. The topological polar surface area (TPSA) is 115 Å². The summed E-state index contributed by atoms with van der Waals surface area (Å²) in [4.78, 5) is 32.4. The lowest BCUT2D eigenvalue weighted by molar-refractivity contribution is -0.144. The Hall–Kier alpha value is -2.22. The van der Waals surface area contributed by atoms with Crippen molar-refractivity contribution < 1.29 is 38.1 Å². The van der Waals surface area contributed by atoms with Gasteiger partial charge in [-0.05, 0) is 37.1 Å². The molecule has 4 heterocycles. The predicted molar refractivity (Wildman–Crippen MR) is 135 cm³/mol. The Morgan fingerprint density at radius 3 is 2.62 bits per heavy atom. The lowest BCUT2D eigenvalue weighted by atomic mass is 10.0. The standard InChI is InChI=1S/C27H38F2N4O6/c1-2-5-32-12-17-9-21(32)27(37)33-6-7-38-18(14-33)13-31(11-16-3-4-19(28)20(29)8-16)15-23-26(36)25(35)22(39-23)10-24(34)30-17/h3-4,8,17-18,21-23,25-26,35-36H,2,5-7,9-15H2,1H3,(H,30,34)/t17-,18+,21-,22-,23+,25-,26+/m0/s1. The summed E-state index contributed by atoms with van der Waals surface area (Å²) in [6.07, 6.45) is -3.30. The third-order valence-electron chi connectivity index (χ3n) is 8.15. The highest BCUT2D eigenvalue weighted by molar-refractivity contribution is 5.83. The van der Waals surface area contributed by atoms with Gasteiger partial charge in [0.1, 0.15) is 12.2 Å². The van der Waals surface area contributed by atoms with E-state index in [0.29, 0.717) is 44.8 Å². The van der Waals surface area contributed by atoms with Gasteiger partial charge in [0.05, 0.1) is 37.4 Å². The van der Waals surface area contributed by atoms with Crippen molar-refractivity contribution in [2.45, 2.75) is 75.3 Å². The van der Waals surface area contributed by atoms with Crippen molar-refractivity contribution in [3.8, 4) is 0 Å². The highest BCUT2D eigenvalue weighted by atomic mass is 19.2. The number of nitrogens with one attached hydrogen (secondary N) is 1. The molecule has 4 aliphatic heterocycles. The van der Waals surface area contributed by atoms with Gasteiger partial charge in [-0.15, -0.1) is 0 Å². The second-order valence-electron chi connectivity index (χ2n) is 11.1. The van der Waals surface area contributed by atoms with Gasteiger partial charge < -0.3 is 29.9 Å². The van der Waals surface area contributed by atoms with Gasteiger partial charge in [-0.1, -0.05) is 13.0 Å². The lowest BCUT2D eigenvalue weighted by Crippen LogP contribution is -2.54. The number of amides is 2. The zero-order valence-electron chi connectivity index (χ0n) is 22.2. The van der Waals surface area contributed by atoms with Crippen LogP contribution in [0.2, 0.25) is 0 Å². The van der Waals surface area contributed by atoms with Gasteiger partial charge in [0.2, 0.25) is 11.8 Å². The maximum Gasteiger partial charge on any atom is 0.240 e. The number of hydrogen-bond donors (Lipinski definition) is 3. The Labute approximate surface area is 226 Å². The molecule has 0 aromatic heterocycles. The third kappa shape index (κ3) is 6.41. The number of carbonyl (C=O) groups excluding carboxylic acids is 2. The monoisotopic (exact) mass is 552 g/mol. The smallest absolute Gasteiger partial charge is 0.240 e.